The maximum Gasteiger partial charge on any atom is 0.416 e. The zero-order valence-corrected chi connectivity index (χ0v) is 14.1. The molecule has 0 bridgehead atoms. The van der Waals surface area contributed by atoms with Crippen LogP contribution < -0.4 is 5.32 Å². The highest BCUT2D eigenvalue weighted by Crippen LogP contribution is 2.38. The number of thiophene rings is 1. The van der Waals surface area contributed by atoms with Crippen LogP contribution in [0.15, 0.2) is 34.1 Å². The first-order chi connectivity index (χ1) is 9.82. The number of nitrogens with one attached hydrogen (secondary N) is 1. The largest absolute Gasteiger partial charge is 0.416 e. The van der Waals surface area contributed by atoms with Crippen LogP contribution in [0.4, 0.5) is 13.2 Å². The number of rotatable bonds is 4. The second-order valence-corrected chi connectivity index (χ2v) is 7.19. The minimum atomic E-state index is -4.35. The molecule has 2 aromatic rings. The Morgan fingerprint density at radius 2 is 2.05 bits per heavy atom. The molecule has 21 heavy (non-hydrogen) atoms. The molecule has 1 atom stereocenters. The van der Waals surface area contributed by atoms with E-state index in [-0.39, 0.29) is 6.04 Å². The Kier molecular flexibility index (Phi) is 5.35. The Morgan fingerprint density at radius 3 is 2.57 bits per heavy atom. The molecule has 1 aromatic carbocycles. The summed E-state index contributed by atoms with van der Waals surface area (Å²) in [6, 6.07) is 6.81. The van der Waals surface area contributed by atoms with E-state index < -0.39 is 11.7 Å². The van der Waals surface area contributed by atoms with Gasteiger partial charge in [0.1, 0.15) is 0 Å². The monoisotopic (exact) mass is 397 g/mol. The van der Waals surface area contributed by atoms with E-state index in [1.165, 1.54) is 23.5 Å². The molecule has 1 aromatic heterocycles. The van der Waals surface area contributed by atoms with Crippen molar-refractivity contribution in [1.29, 1.82) is 0 Å². The molecule has 0 fully saturated rings. The Morgan fingerprint density at radius 1 is 1.33 bits per heavy atom. The number of hydrogen-bond acceptors (Lipinski definition) is 2. The van der Waals surface area contributed by atoms with Gasteiger partial charge in [-0.3, -0.25) is 0 Å². The molecule has 0 amide bonds. The molecule has 0 radical (unpaired) electrons. The van der Waals surface area contributed by atoms with Crippen LogP contribution in [-0.2, 0) is 6.18 Å². The average Bonchev–Trinajstić information content (AvgIpc) is 2.75. The Bertz CT molecular complexity index is 607. The molecule has 0 saturated heterocycles. The van der Waals surface area contributed by atoms with Gasteiger partial charge in [0, 0.05) is 4.88 Å². The van der Waals surface area contributed by atoms with Crippen molar-refractivity contribution in [3.05, 3.63) is 55.1 Å². The molecule has 0 spiro atoms. The zero-order valence-electron chi connectivity index (χ0n) is 11.0. The third kappa shape index (κ3) is 4.00. The van der Waals surface area contributed by atoms with E-state index in [1.54, 1.807) is 12.1 Å². The fraction of sp³-hybridized carbons (Fsp3) is 0.286. The van der Waals surface area contributed by atoms with Crippen molar-refractivity contribution in [3.8, 4) is 0 Å². The Labute approximate surface area is 138 Å². The van der Waals surface area contributed by atoms with E-state index in [9.17, 15) is 13.2 Å². The summed E-state index contributed by atoms with van der Waals surface area (Å²) in [6.45, 7) is 2.54. The van der Waals surface area contributed by atoms with Crippen LogP contribution in [0.5, 0.6) is 0 Å². The summed E-state index contributed by atoms with van der Waals surface area (Å²) in [4.78, 5) is 0.869. The molecular formula is C14H12BrClF3NS. The van der Waals surface area contributed by atoms with E-state index >= 15 is 0 Å². The molecule has 0 aliphatic carbocycles. The number of benzene rings is 1. The first-order valence-corrected chi connectivity index (χ1v) is 8.17. The first kappa shape index (κ1) is 16.8. The highest BCUT2D eigenvalue weighted by molar-refractivity contribution is 9.11. The Balaban J connectivity index is 2.43. The quantitative estimate of drug-likeness (QED) is 0.678. The molecule has 2 rings (SSSR count). The van der Waals surface area contributed by atoms with Gasteiger partial charge >= 0.3 is 6.18 Å². The number of halogens is 5. The second-order valence-electron chi connectivity index (χ2n) is 4.38. The topological polar surface area (TPSA) is 12.0 Å². The van der Waals surface area contributed by atoms with Gasteiger partial charge in [-0.25, -0.2) is 0 Å². The van der Waals surface area contributed by atoms with Crippen molar-refractivity contribution >= 4 is 38.9 Å². The third-order valence-electron chi connectivity index (χ3n) is 2.90. The highest BCUT2D eigenvalue weighted by Gasteiger charge is 2.31. The van der Waals surface area contributed by atoms with E-state index in [1.807, 2.05) is 6.92 Å². The van der Waals surface area contributed by atoms with Gasteiger partial charge in [-0.1, -0.05) is 30.7 Å². The van der Waals surface area contributed by atoms with Gasteiger partial charge < -0.3 is 5.32 Å². The summed E-state index contributed by atoms with van der Waals surface area (Å²) < 4.78 is 39.3. The van der Waals surface area contributed by atoms with E-state index in [0.717, 1.165) is 14.7 Å². The van der Waals surface area contributed by atoms with Gasteiger partial charge in [-0.2, -0.15) is 13.2 Å². The van der Waals surface area contributed by atoms with Gasteiger partial charge in [-0.15, -0.1) is 11.3 Å². The molecule has 0 saturated carbocycles. The Hall–Kier alpha value is -0.560. The fourth-order valence-electron chi connectivity index (χ4n) is 1.99. The maximum atomic E-state index is 12.8. The molecule has 0 aliphatic heterocycles. The van der Waals surface area contributed by atoms with Crippen molar-refractivity contribution in [1.82, 2.24) is 5.32 Å². The van der Waals surface area contributed by atoms with Crippen molar-refractivity contribution in [2.24, 2.45) is 0 Å². The molecule has 1 N–H and O–H groups in total. The average molecular weight is 399 g/mol. The standard InChI is InChI=1S/C14H12BrClF3NS/c1-2-20-12(11-7-10(16)13(15)21-11)8-4-3-5-9(6-8)14(17,18)19/h3-7,12,20H,2H2,1H3. The SMILES string of the molecule is CCNC(c1cccc(C(F)(F)F)c1)c1cc(Cl)c(Br)s1. The number of alkyl halides is 3. The van der Waals surface area contributed by atoms with Crippen molar-refractivity contribution in [2.45, 2.75) is 19.1 Å². The van der Waals surface area contributed by atoms with Crippen LogP contribution in [0.2, 0.25) is 5.02 Å². The van der Waals surface area contributed by atoms with Crippen LogP contribution in [0.25, 0.3) is 0 Å². The summed E-state index contributed by atoms with van der Waals surface area (Å²) in [7, 11) is 0. The molecule has 1 nitrogen and oxygen atoms in total. The zero-order chi connectivity index (χ0) is 15.6. The van der Waals surface area contributed by atoms with Crippen LogP contribution in [0.1, 0.15) is 29.0 Å². The second kappa shape index (κ2) is 6.69. The molecule has 114 valence electrons. The lowest BCUT2D eigenvalue weighted by atomic mass is 10.0. The van der Waals surface area contributed by atoms with Crippen molar-refractivity contribution in [3.63, 3.8) is 0 Å². The molecule has 7 heteroatoms. The normalized spacial score (nSPS) is 13.4. The van der Waals surface area contributed by atoms with Gasteiger partial charge in [-0.05, 0) is 46.2 Å². The first-order valence-electron chi connectivity index (χ1n) is 6.18. The molecule has 1 heterocycles. The highest BCUT2D eigenvalue weighted by atomic mass is 79.9. The van der Waals surface area contributed by atoms with Gasteiger partial charge in [0.15, 0.2) is 0 Å². The predicted molar refractivity (Wildman–Crippen MR) is 84.0 cm³/mol. The van der Waals surface area contributed by atoms with Gasteiger partial charge in [0.25, 0.3) is 0 Å². The van der Waals surface area contributed by atoms with E-state index in [4.69, 9.17) is 11.6 Å². The van der Waals surface area contributed by atoms with Crippen LogP contribution in [0, 0.1) is 0 Å². The molecular weight excluding hydrogens is 387 g/mol. The summed E-state index contributed by atoms with van der Waals surface area (Å²) in [5.41, 5.74) is -0.0817. The lowest BCUT2D eigenvalue weighted by Gasteiger charge is -2.18. The van der Waals surface area contributed by atoms with Gasteiger partial charge in [0.05, 0.1) is 20.4 Å². The van der Waals surface area contributed by atoms with Crippen molar-refractivity contribution < 1.29 is 13.2 Å². The smallest absolute Gasteiger partial charge is 0.306 e. The summed E-state index contributed by atoms with van der Waals surface area (Å²) in [6.07, 6.45) is -4.35. The van der Waals surface area contributed by atoms with Gasteiger partial charge in [0.2, 0.25) is 0 Å². The minimum Gasteiger partial charge on any atom is -0.306 e. The summed E-state index contributed by atoms with van der Waals surface area (Å²) in [5.74, 6) is 0. The predicted octanol–water partition coefficient (Wildman–Crippen LogP) is 5.88. The minimum absolute atomic E-state index is 0.314. The van der Waals surface area contributed by atoms with Crippen LogP contribution in [0.3, 0.4) is 0 Å². The van der Waals surface area contributed by atoms with Crippen LogP contribution >= 0.6 is 38.9 Å². The summed E-state index contributed by atoms with van der Waals surface area (Å²) >= 11 is 10.8. The van der Waals surface area contributed by atoms with Crippen molar-refractivity contribution in [2.75, 3.05) is 6.54 Å². The lowest BCUT2D eigenvalue weighted by molar-refractivity contribution is -0.137. The third-order valence-corrected chi connectivity index (χ3v) is 5.44. The van der Waals surface area contributed by atoms with E-state index in [0.29, 0.717) is 17.1 Å². The van der Waals surface area contributed by atoms with E-state index in [2.05, 4.69) is 21.2 Å². The molecule has 0 aliphatic rings. The lowest BCUT2D eigenvalue weighted by Crippen LogP contribution is -2.21. The number of hydrogen-bond donors (Lipinski definition) is 1. The summed E-state index contributed by atoms with van der Waals surface area (Å²) in [5, 5.41) is 3.76. The fourth-order valence-corrected chi connectivity index (χ4v) is 3.84. The maximum absolute atomic E-state index is 12.8. The molecule has 1 unspecified atom stereocenters. The van der Waals surface area contributed by atoms with Crippen LogP contribution in [-0.4, -0.2) is 6.54 Å².